The Balaban J connectivity index is 1.56. The van der Waals surface area contributed by atoms with Crippen LogP contribution in [0.25, 0.3) is 0 Å². The van der Waals surface area contributed by atoms with Crippen molar-refractivity contribution in [3.8, 4) is 0 Å². The number of anilines is 2. The molecule has 1 aromatic rings. The number of hydrogen-bond acceptors (Lipinski definition) is 5. The number of rotatable bonds is 3. The molecule has 0 atom stereocenters. The first-order chi connectivity index (χ1) is 11.8. The molecule has 0 aromatic heterocycles. The number of carbonyl (C=O) groups is 1. The van der Waals surface area contributed by atoms with E-state index in [1.54, 1.807) is 0 Å². The summed E-state index contributed by atoms with van der Waals surface area (Å²) in [5.74, 6) is 0.232. The average Bonchev–Trinajstić information content (AvgIpc) is 2.64. The third-order valence-electron chi connectivity index (χ3n) is 5.42. The molecule has 130 valence electrons. The van der Waals surface area contributed by atoms with Crippen molar-refractivity contribution < 1.29 is 9.53 Å². The van der Waals surface area contributed by atoms with Gasteiger partial charge in [0, 0.05) is 26.2 Å². The highest BCUT2D eigenvalue weighted by Crippen LogP contribution is 2.38. The Morgan fingerprint density at radius 2 is 1.83 bits per heavy atom. The number of nitrogens with zero attached hydrogens (tertiary/aromatic N) is 2. The molecule has 0 unspecified atom stereocenters. The van der Waals surface area contributed by atoms with Gasteiger partial charge in [0.2, 0.25) is 0 Å². The molecule has 1 spiro atoms. The van der Waals surface area contributed by atoms with E-state index in [0.717, 1.165) is 76.7 Å². The number of benzene rings is 1. The van der Waals surface area contributed by atoms with E-state index in [0.29, 0.717) is 0 Å². The molecule has 0 bridgehead atoms. The summed E-state index contributed by atoms with van der Waals surface area (Å²) in [6.07, 6.45) is 1.68. The lowest BCUT2D eigenvalue weighted by atomic mass is 9.84. The van der Waals surface area contributed by atoms with E-state index < -0.39 is 5.54 Å². The molecule has 1 amide bonds. The number of ether oxygens (including phenoxy) is 1. The second-order valence-corrected chi connectivity index (χ2v) is 6.89. The molecule has 24 heavy (non-hydrogen) atoms. The van der Waals surface area contributed by atoms with Crippen LogP contribution < -0.4 is 15.5 Å². The monoisotopic (exact) mass is 330 g/mol. The fraction of sp³-hybridized carbons (Fsp3) is 0.611. The Bertz CT molecular complexity index is 594. The van der Waals surface area contributed by atoms with Crippen molar-refractivity contribution in [2.45, 2.75) is 18.4 Å². The molecule has 0 saturated carbocycles. The molecular weight excluding hydrogens is 304 g/mol. The molecule has 3 aliphatic heterocycles. The normalized spacial score (nSPS) is 23.8. The third-order valence-corrected chi connectivity index (χ3v) is 5.42. The van der Waals surface area contributed by atoms with Gasteiger partial charge in [-0.15, -0.1) is 0 Å². The number of hydrogen-bond donors (Lipinski definition) is 2. The smallest absolute Gasteiger partial charge is 0.252 e. The van der Waals surface area contributed by atoms with Crippen LogP contribution in [0.5, 0.6) is 0 Å². The van der Waals surface area contributed by atoms with Crippen LogP contribution in [0.3, 0.4) is 0 Å². The number of para-hydroxylation sites is 2. The van der Waals surface area contributed by atoms with Crippen molar-refractivity contribution in [2.75, 3.05) is 62.7 Å². The summed E-state index contributed by atoms with van der Waals surface area (Å²) in [4.78, 5) is 17.7. The zero-order valence-electron chi connectivity index (χ0n) is 14.1. The lowest BCUT2D eigenvalue weighted by Crippen LogP contribution is -2.62. The van der Waals surface area contributed by atoms with E-state index in [2.05, 4.69) is 21.6 Å². The third kappa shape index (κ3) is 2.90. The van der Waals surface area contributed by atoms with Gasteiger partial charge in [0.15, 0.2) is 0 Å². The summed E-state index contributed by atoms with van der Waals surface area (Å²) in [5.41, 5.74) is 1.66. The SMILES string of the molecule is O=C1N(CCN2CCOCC2)c2ccccc2NC12CCNCC2. The summed E-state index contributed by atoms with van der Waals surface area (Å²) in [5, 5.41) is 6.93. The summed E-state index contributed by atoms with van der Waals surface area (Å²) in [6.45, 7) is 6.91. The second kappa shape index (κ2) is 6.70. The summed E-state index contributed by atoms with van der Waals surface area (Å²) in [6, 6.07) is 8.19. The van der Waals surface area contributed by atoms with Crippen LogP contribution in [0.1, 0.15) is 12.8 Å². The van der Waals surface area contributed by atoms with Crippen LogP contribution in [-0.2, 0) is 9.53 Å². The van der Waals surface area contributed by atoms with Gasteiger partial charge in [-0.05, 0) is 38.1 Å². The molecule has 4 rings (SSSR count). The van der Waals surface area contributed by atoms with Crippen LogP contribution in [0.2, 0.25) is 0 Å². The van der Waals surface area contributed by atoms with Crippen molar-refractivity contribution >= 4 is 17.3 Å². The fourth-order valence-electron chi connectivity index (χ4n) is 3.97. The number of carbonyl (C=O) groups excluding carboxylic acids is 1. The number of fused-ring (bicyclic) bond motifs is 1. The zero-order chi connectivity index (χ0) is 16.4. The maximum Gasteiger partial charge on any atom is 0.252 e. The van der Waals surface area contributed by atoms with Gasteiger partial charge < -0.3 is 20.3 Å². The van der Waals surface area contributed by atoms with E-state index >= 15 is 0 Å². The van der Waals surface area contributed by atoms with Gasteiger partial charge in [-0.2, -0.15) is 0 Å². The molecule has 3 aliphatic rings. The van der Waals surface area contributed by atoms with Crippen LogP contribution >= 0.6 is 0 Å². The van der Waals surface area contributed by atoms with E-state index in [4.69, 9.17) is 4.74 Å². The lowest BCUT2D eigenvalue weighted by molar-refractivity contribution is -0.124. The Hall–Kier alpha value is -1.63. The van der Waals surface area contributed by atoms with Crippen molar-refractivity contribution in [1.29, 1.82) is 0 Å². The molecule has 3 heterocycles. The van der Waals surface area contributed by atoms with Crippen molar-refractivity contribution in [1.82, 2.24) is 10.2 Å². The van der Waals surface area contributed by atoms with Crippen LogP contribution in [-0.4, -0.2) is 68.8 Å². The van der Waals surface area contributed by atoms with Crippen molar-refractivity contribution in [3.05, 3.63) is 24.3 Å². The van der Waals surface area contributed by atoms with Gasteiger partial charge in [-0.3, -0.25) is 9.69 Å². The maximum atomic E-state index is 13.3. The first kappa shape index (κ1) is 15.9. The minimum absolute atomic E-state index is 0.232. The van der Waals surface area contributed by atoms with E-state index in [-0.39, 0.29) is 5.91 Å². The van der Waals surface area contributed by atoms with Gasteiger partial charge in [0.1, 0.15) is 5.54 Å². The standard InChI is InChI=1S/C18H26N4O2/c23-17-18(5-7-19-8-6-18)20-15-3-1-2-4-16(15)22(17)10-9-21-11-13-24-14-12-21/h1-4,19-20H,5-14H2. The summed E-state index contributed by atoms with van der Waals surface area (Å²) >= 11 is 0. The molecule has 2 N–H and O–H groups in total. The van der Waals surface area contributed by atoms with E-state index in [9.17, 15) is 4.79 Å². The highest BCUT2D eigenvalue weighted by Gasteiger charge is 2.46. The molecule has 6 nitrogen and oxygen atoms in total. The summed E-state index contributed by atoms with van der Waals surface area (Å²) < 4.78 is 5.42. The summed E-state index contributed by atoms with van der Waals surface area (Å²) in [7, 11) is 0. The van der Waals surface area contributed by atoms with E-state index in [1.165, 1.54) is 0 Å². The van der Waals surface area contributed by atoms with Crippen LogP contribution in [0, 0.1) is 0 Å². The number of amides is 1. The molecule has 2 fully saturated rings. The van der Waals surface area contributed by atoms with Crippen molar-refractivity contribution in [2.24, 2.45) is 0 Å². The minimum Gasteiger partial charge on any atom is -0.379 e. The van der Waals surface area contributed by atoms with E-state index in [1.807, 2.05) is 23.1 Å². The molecule has 1 aromatic carbocycles. The molecule has 0 radical (unpaired) electrons. The lowest BCUT2D eigenvalue weighted by Gasteiger charge is -2.46. The fourth-order valence-corrected chi connectivity index (χ4v) is 3.97. The number of nitrogens with one attached hydrogen (secondary N) is 2. The maximum absolute atomic E-state index is 13.3. The van der Waals surface area contributed by atoms with Gasteiger partial charge in [0.25, 0.3) is 5.91 Å². The quantitative estimate of drug-likeness (QED) is 0.862. The molecule has 6 heteroatoms. The Morgan fingerprint density at radius 3 is 2.62 bits per heavy atom. The van der Waals surface area contributed by atoms with Crippen LogP contribution in [0.15, 0.2) is 24.3 Å². The van der Waals surface area contributed by atoms with Gasteiger partial charge in [0.05, 0.1) is 24.6 Å². The van der Waals surface area contributed by atoms with Gasteiger partial charge in [-0.25, -0.2) is 0 Å². The van der Waals surface area contributed by atoms with Gasteiger partial charge >= 0.3 is 0 Å². The zero-order valence-corrected chi connectivity index (χ0v) is 14.1. The first-order valence-corrected chi connectivity index (χ1v) is 8.99. The predicted octanol–water partition coefficient (Wildman–Crippen LogP) is 0.899. The minimum atomic E-state index is -0.440. The molecule has 2 saturated heterocycles. The number of piperidine rings is 1. The highest BCUT2D eigenvalue weighted by molar-refractivity contribution is 6.08. The second-order valence-electron chi connectivity index (χ2n) is 6.89. The number of morpholine rings is 1. The molecular formula is C18H26N4O2. The average molecular weight is 330 g/mol. The largest absolute Gasteiger partial charge is 0.379 e. The Morgan fingerprint density at radius 1 is 1.08 bits per heavy atom. The van der Waals surface area contributed by atoms with Crippen molar-refractivity contribution in [3.63, 3.8) is 0 Å². The predicted molar refractivity (Wildman–Crippen MR) is 94.5 cm³/mol. The Labute approximate surface area is 143 Å². The van der Waals surface area contributed by atoms with Crippen LogP contribution in [0.4, 0.5) is 11.4 Å². The molecule has 0 aliphatic carbocycles. The Kier molecular flexibility index (Phi) is 4.43. The van der Waals surface area contributed by atoms with Gasteiger partial charge in [-0.1, -0.05) is 12.1 Å². The highest BCUT2D eigenvalue weighted by atomic mass is 16.5. The topological polar surface area (TPSA) is 56.8 Å². The first-order valence-electron chi connectivity index (χ1n) is 8.99.